The van der Waals surface area contributed by atoms with Crippen LogP contribution in [0.5, 0.6) is 0 Å². The second-order valence-corrected chi connectivity index (χ2v) is 6.76. The number of alkyl halides is 6. The highest BCUT2D eigenvalue weighted by Gasteiger charge is 2.36. The molecular weight excluding hydrogens is 427 g/mol. The van der Waals surface area contributed by atoms with E-state index in [1.807, 2.05) is 0 Å². The van der Waals surface area contributed by atoms with E-state index in [1.54, 1.807) is 0 Å². The van der Waals surface area contributed by atoms with E-state index in [1.165, 1.54) is 0 Å². The second-order valence-electron chi connectivity index (χ2n) is 5.62. The number of thioether (sulfide) groups is 1. The smallest absolute Gasteiger partial charge is 0.368 e. The number of rotatable bonds is 4. The Labute approximate surface area is 162 Å². The minimum absolute atomic E-state index is 0.0996. The maximum Gasteiger partial charge on any atom is 0.446 e. The van der Waals surface area contributed by atoms with Crippen molar-refractivity contribution in [1.82, 2.24) is 15.2 Å². The molecule has 154 valence electrons. The predicted octanol–water partition coefficient (Wildman–Crippen LogP) is 5.57. The summed E-state index contributed by atoms with van der Waals surface area (Å²) in [6, 6.07) is 5.35. The Morgan fingerprint density at radius 1 is 1.00 bits per heavy atom. The van der Waals surface area contributed by atoms with Crippen molar-refractivity contribution < 1.29 is 30.7 Å². The highest BCUT2D eigenvalue weighted by Crippen LogP contribution is 2.42. The SMILES string of the molecule is Nc1nc(Nc2cc(F)c(-c3ccc(SC(F)(F)F)cc3)c(C(F)(F)F)c2)n[nH]1. The van der Waals surface area contributed by atoms with Gasteiger partial charge in [0, 0.05) is 16.1 Å². The molecule has 3 aromatic rings. The lowest BCUT2D eigenvalue weighted by Gasteiger charge is -2.16. The van der Waals surface area contributed by atoms with Crippen molar-refractivity contribution in [2.45, 2.75) is 16.6 Å². The van der Waals surface area contributed by atoms with Gasteiger partial charge < -0.3 is 11.1 Å². The van der Waals surface area contributed by atoms with Crippen LogP contribution in [-0.4, -0.2) is 20.7 Å². The van der Waals surface area contributed by atoms with Crippen molar-refractivity contribution in [2.75, 3.05) is 11.1 Å². The normalized spacial score (nSPS) is 12.2. The Morgan fingerprint density at radius 3 is 2.17 bits per heavy atom. The first-order valence-corrected chi connectivity index (χ1v) is 8.46. The molecule has 0 aliphatic heterocycles. The lowest BCUT2D eigenvalue weighted by molar-refractivity contribution is -0.137. The molecule has 2 aromatic carbocycles. The number of nitrogens with two attached hydrogens (primary N) is 1. The summed E-state index contributed by atoms with van der Waals surface area (Å²) in [7, 11) is 0. The Kier molecular flexibility index (Phi) is 5.34. The molecule has 0 saturated heterocycles. The zero-order valence-electron chi connectivity index (χ0n) is 14.0. The van der Waals surface area contributed by atoms with Gasteiger partial charge >= 0.3 is 11.7 Å². The molecule has 29 heavy (non-hydrogen) atoms. The van der Waals surface area contributed by atoms with Crippen LogP contribution in [0.2, 0.25) is 0 Å². The van der Waals surface area contributed by atoms with E-state index in [-0.39, 0.29) is 28.0 Å². The Bertz CT molecular complexity index is 1010. The van der Waals surface area contributed by atoms with Gasteiger partial charge in [-0.05, 0) is 41.6 Å². The lowest BCUT2D eigenvalue weighted by atomic mass is 9.98. The first kappa shape index (κ1) is 20.8. The Hall–Kier alpha value is -2.96. The maximum absolute atomic E-state index is 14.6. The summed E-state index contributed by atoms with van der Waals surface area (Å²) in [6.45, 7) is 0. The average Bonchev–Trinajstić information content (AvgIpc) is 2.98. The third kappa shape index (κ3) is 5.10. The summed E-state index contributed by atoms with van der Waals surface area (Å²) < 4.78 is 92.4. The third-order valence-corrected chi connectivity index (χ3v) is 4.27. The van der Waals surface area contributed by atoms with E-state index in [0.29, 0.717) is 6.07 Å². The average molecular weight is 437 g/mol. The highest BCUT2D eigenvalue weighted by atomic mass is 32.2. The molecule has 0 bridgehead atoms. The van der Waals surface area contributed by atoms with Crippen molar-refractivity contribution in [3.63, 3.8) is 0 Å². The molecular formula is C16H10F7N5S. The first-order chi connectivity index (χ1) is 13.4. The molecule has 4 N–H and O–H groups in total. The van der Waals surface area contributed by atoms with Gasteiger partial charge in [0.15, 0.2) is 0 Å². The zero-order chi connectivity index (χ0) is 21.4. The van der Waals surface area contributed by atoms with Crippen LogP contribution in [0.4, 0.5) is 48.3 Å². The van der Waals surface area contributed by atoms with Crippen LogP contribution < -0.4 is 11.1 Å². The molecule has 0 amide bonds. The van der Waals surface area contributed by atoms with Crippen molar-refractivity contribution in [3.05, 3.63) is 47.8 Å². The molecule has 5 nitrogen and oxygen atoms in total. The van der Waals surface area contributed by atoms with Crippen LogP contribution >= 0.6 is 11.8 Å². The topological polar surface area (TPSA) is 79.6 Å². The van der Waals surface area contributed by atoms with Gasteiger partial charge in [0.05, 0.1) is 5.56 Å². The van der Waals surface area contributed by atoms with Gasteiger partial charge in [-0.25, -0.2) is 9.49 Å². The molecule has 0 saturated carbocycles. The van der Waals surface area contributed by atoms with Crippen LogP contribution in [0.15, 0.2) is 41.3 Å². The number of anilines is 3. The monoisotopic (exact) mass is 437 g/mol. The van der Waals surface area contributed by atoms with Crippen LogP contribution in [0.3, 0.4) is 0 Å². The number of H-pyrrole nitrogens is 1. The molecule has 0 radical (unpaired) electrons. The number of nitrogens with one attached hydrogen (secondary N) is 2. The number of aromatic amines is 1. The number of aromatic nitrogens is 3. The molecule has 3 rings (SSSR count). The summed E-state index contributed by atoms with van der Waals surface area (Å²) in [5.74, 6) is -1.50. The zero-order valence-corrected chi connectivity index (χ0v) is 14.8. The maximum atomic E-state index is 14.6. The third-order valence-electron chi connectivity index (χ3n) is 3.53. The summed E-state index contributed by atoms with van der Waals surface area (Å²) in [5.41, 5.74) is -1.87. The molecule has 13 heteroatoms. The Morgan fingerprint density at radius 2 is 1.66 bits per heavy atom. The largest absolute Gasteiger partial charge is 0.446 e. The Balaban J connectivity index is 2.01. The molecule has 0 unspecified atom stereocenters. The quantitative estimate of drug-likeness (QED) is 0.368. The predicted molar refractivity (Wildman–Crippen MR) is 92.8 cm³/mol. The summed E-state index contributed by atoms with van der Waals surface area (Å²) in [4.78, 5) is 3.41. The van der Waals surface area contributed by atoms with Gasteiger partial charge in [0.2, 0.25) is 11.9 Å². The van der Waals surface area contributed by atoms with Gasteiger partial charge in [-0.3, -0.25) is 0 Å². The molecule has 0 fully saturated rings. The van der Waals surface area contributed by atoms with Gasteiger partial charge in [-0.2, -0.15) is 31.3 Å². The van der Waals surface area contributed by atoms with Crippen molar-refractivity contribution in [1.29, 1.82) is 0 Å². The van der Waals surface area contributed by atoms with Gasteiger partial charge in [-0.15, -0.1) is 5.10 Å². The molecule has 0 atom stereocenters. The number of hydrogen-bond acceptors (Lipinski definition) is 5. The van der Waals surface area contributed by atoms with E-state index in [4.69, 9.17) is 5.73 Å². The summed E-state index contributed by atoms with van der Waals surface area (Å²) >= 11 is -0.429. The first-order valence-electron chi connectivity index (χ1n) is 7.64. The van der Waals surface area contributed by atoms with Crippen molar-refractivity contribution in [2.24, 2.45) is 0 Å². The molecule has 1 aromatic heterocycles. The van der Waals surface area contributed by atoms with Gasteiger partial charge in [0.1, 0.15) is 5.82 Å². The number of nitrogen functional groups attached to an aromatic ring is 1. The molecule has 0 aliphatic rings. The molecule has 1 heterocycles. The molecule has 0 spiro atoms. The van der Waals surface area contributed by atoms with Gasteiger partial charge in [0.25, 0.3) is 0 Å². The van der Waals surface area contributed by atoms with E-state index in [9.17, 15) is 30.7 Å². The van der Waals surface area contributed by atoms with Crippen molar-refractivity contribution in [3.8, 4) is 11.1 Å². The summed E-state index contributed by atoms with van der Waals surface area (Å²) in [6.07, 6.45) is -4.94. The fraction of sp³-hybridized carbons (Fsp3) is 0.125. The lowest BCUT2D eigenvalue weighted by Crippen LogP contribution is -2.10. The van der Waals surface area contributed by atoms with Crippen LogP contribution in [0.1, 0.15) is 5.56 Å². The summed E-state index contributed by atoms with van der Waals surface area (Å²) in [5, 5.41) is 8.23. The minimum atomic E-state index is -4.94. The fourth-order valence-corrected chi connectivity index (χ4v) is 3.02. The van der Waals surface area contributed by atoms with Crippen molar-refractivity contribution >= 4 is 29.3 Å². The minimum Gasteiger partial charge on any atom is -0.368 e. The standard InChI is InChI=1S/C16H10F7N5S/c17-11-6-8(25-14-26-13(24)27-28-14)5-10(15(18,19)20)12(11)7-1-3-9(4-2-7)29-16(21,22)23/h1-6H,(H4,24,25,26,27,28). The number of halogens is 7. The van der Waals surface area contributed by atoms with E-state index in [2.05, 4.69) is 20.5 Å². The fourth-order valence-electron chi connectivity index (χ4n) is 2.48. The van der Waals surface area contributed by atoms with Gasteiger partial charge in [-0.1, -0.05) is 12.1 Å². The molecule has 0 aliphatic carbocycles. The van der Waals surface area contributed by atoms with Crippen LogP contribution in [0, 0.1) is 5.82 Å². The van der Waals surface area contributed by atoms with E-state index >= 15 is 0 Å². The second kappa shape index (κ2) is 7.46. The van der Waals surface area contributed by atoms with Crippen LogP contribution in [-0.2, 0) is 6.18 Å². The van der Waals surface area contributed by atoms with E-state index in [0.717, 1.165) is 30.3 Å². The highest BCUT2D eigenvalue weighted by molar-refractivity contribution is 8.00. The number of hydrogen-bond donors (Lipinski definition) is 3. The number of benzene rings is 2. The van der Waals surface area contributed by atoms with Crippen LogP contribution in [0.25, 0.3) is 11.1 Å². The number of nitrogens with zero attached hydrogens (tertiary/aromatic N) is 2. The van der Waals surface area contributed by atoms with E-state index < -0.39 is 40.4 Å².